The molecule has 0 saturated carbocycles. The molecular weight excluding hydrogens is 166 g/mol. The average Bonchev–Trinajstić information content (AvgIpc) is 2.18. The van der Waals surface area contributed by atoms with E-state index in [9.17, 15) is 0 Å². The van der Waals surface area contributed by atoms with Crippen LogP contribution in [0.5, 0.6) is 0 Å². The minimum absolute atomic E-state index is 0.662. The second kappa shape index (κ2) is 3.81. The van der Waals surface area contributed by atoms with Crippen molar-refractivity contribution in [3.8, 4) is 0 Å². The molecule has 1 N–H and O–H groups in total. The number of hydrogen-bond acceptors (Lipinski definition) is 4. The summed E-state index contributed by atoms with van der Waals surface area (Å²) in [4.78, 5) is 8.68. The van der Waals surface area contributed by atoms with E-state index < -0.39 is 0 Å². The Labute approximate surface area is 77.4 Å². The molecule has 2 rings (SSSR count). The first-order chi connectivity index (χ1) is 6.40. The highest BCUT2D eigenvalue weighted by Gasteiger charge is 2.11. The highest BCUT2D eigenvalue weighted by molar-refractivity contribution is 5.18. The Bertz CT molecular complexity index is 301. The van der Waals surface area contributed by atoms with Gasteiger partial charge in [0, 0.05) is 18.2 Å². The van der Waals surface area contributed by atoms with E-state index in [0.29, 0.717) is 6.61 Å². The molecule has 13 heavy (non-hydrogen) atoms. The van der Waals surface area contributed by atoms with Gasteiger partial charge in [0.2, 0.25) is 0 Å². The first-order valence-corrected chi connectivity index (χ1v) is 4.46. The van der Waals surface area contributed by atoms with Gasteiger partial charge in [-0.05, 0) is 7.05 Å². The van der Waals surface area contributed by atoms with Gasteiger partial charge >= 0.3 is 0 Å². The maximum Gasteiger partial charge on any atom is 0.142 e. The molecule has 4 heteroatoms. The molecule has 1 aliphatic rings. The van der Waals surface area contributed by atoms with Crippen molar-refractivity contribution in [3.63, 3.8) is 0 Å². The lowest BCUT2D eigenvalue weighted by Crippen LogP contribution is -2.16. The van der Waals surface area contributed by atoms with Gasteiger partial charge in [-0.25, -0.2) is 9.97 Å². The molecule has 0 spiro atoms. The van der Waals surface area contributed by atoms with Gasteiger partial charge in [-0.1, -0.05) is 0 Å². The SMILES string of the molecule is CNCc1ncc2c(n1)CCOC2. The lowest BCUT2D eigenvalue weighted by atomic mass is 10.1. The van der Waals surface area contributed by atoms with E-state index in [1.54, 1.807) is 0 Å². The van der Waals surface area contributed by atoms with E-state index in [-0.39, 0.29) is 0 Å². The van der Waals surface area contributed by atoms with Crippen LogP contribution in [0.4, 0.5) is 0 Å². The summed E-state index contributed by atoms with van der Waals surface area (Å²) in [7, 11) is 1.89. The monoisotopic (exact) mass is 179 g/mol. The van der Waals surface area contributed by atoms with E-state index in [4.69, 9.17) is 4.74 Å². The fourth-order valence-electron chi connectivity index (χ4n) is 1.41. The Morgan fingerprint density at radius 1 is 1.62 bits per heavy atom. The van der Waals surface area contributed by atoms with E-state index in [2.05, 4.69) is 15.3 Å². The summed E-state index contributed by atoms with van der Waals surface area (Å²) in [6.45, 7) is 2.17. The molecule has 1 aromatic heterocycles. The first kappa shape index (κ1) is 8.59. The van der Waals surface area contributed by atoms with Gasteiger partial charge in [-0.3, -0.25) is 0 Å². The molecular formula is C9H13N3O. The molecule has 0 radical (unpaired) electrons. The molecule has 2 heterocycles. The summed E-state index contributed by atoms with van der Waals surface area (Å²) in [6.07, 6.45) is 2.78. The zero-order valence-electron chi connectivity index (χ0n) is 7.71. The lowest BCUT2D eigenvalue weighted by molar-refractivity contribution is 0.108. The van der Waals surface area contributed by atoms with Gasteiger partial charge in [0.05, 0.1) is 25.5 Å². The van der Waals surface area contributed by atoms with Crippen molar-refractivity contribution in [2.24, 2.45) is 0 Å². The van der Waals surface area contributed by atoms with Gasteiger partial charge in [0.25, 0.3) is 0 Å². The summed E-state index contributed by atoms with van der Waals surface area (Å²) < 4.78 is 5.30. The van der Waals surface area contributed by atoms with Crippen LogP contribution in [0.25, 0.3) is 0 Å². The first-order valence-electron chi connectivity index (χ1n) is 4.46. The minimum Gasteiger partial charge on any atom is -0.376 e. The zero-order chi connectivity index (χ0) is 9.10. The fraction of sp³-hybridized carbons (Fsp3) is 0.556. The number of nitrogens with one attached hydrogen (secondary N) is 1. The molecule has 1 aliphatic heterocycles. The number of fused-ring (bicyclic) bond motifs is 1. The fourth-order valence-corrected chi connectivity index (χ4v) is 1.41. The highest BCUT2D eigenvalue weighted by atomic mass is 16.5. The van der Waals surface area contributed by atoms with Gasteiger partial charge in [0.15, 0.2) is 0 Å². The molecule has 4 nitrogen and oxygen atoms in total. The zero-order valence-corrected chi connectivity index (χ0v) is 7.71. The summed E-state index contributed by atoms with van der Waals surface area (Å²) in [5.74, 6) is 0.864. The number of nitrogens with zero attached hydrogens (tertiary/aromatic N) is 2. The average molecular weight is 179 g/mol. The summed E-state index contributed by atoms with van der Waals surface area (Å²) in [6, 6.07) is 0. The van der Waals surface area contributed by atoms with Crippen LogP contribution in [0.2, 0.25) is 0 Å². The van der Waals surface area contributed by atoms with Crippen LogP contribution in [-0.2, 0) is 24.3 Å². The number of aromatic nitrogens is 2. The highest BCUT2D eigenvalue weighted by Crippen LogP contribution is 2.12. The van der Waals surface area contributed by atoms with Crippen molar-refractivity contribution in [1.82, 2.24) is 15.3 Å². The summed E-state index contributed by atoms with van der Waals surface area (Å²) >= 11 is 0. The van der Waals surface area contributed by atoms with Crippen molar-refractivity contribution in [2.45, 2.75) is 19.6 Å². The molecule has 0 aliphatic carbocycles. The second-order valence-corrected chi connectivity index (χ2v) is 3.09. The summed E-state index contributed by atoms with van der Waals surface area (Å²) in [5.41, 5.74) is 2.28. The minimum atomic E-state index is 0.662. The normalized spacial score (nSPS) is 15.5. The molecule has 0 unspecified atom stereocenters. The molecule has 0 atom stereocenters. The molecule has 0 amide bonds. The van der Waals surface area contributed by atoms with E-state index in [1.165, 1.54) is 0 Å². The van der Waals surface area contributed by atoms with Crippen LogP contribution in [0, 0.1) is 0 Å². The van der Waals surface area contributed by atoms with E-state index in [1.807, 2.05) is 13.2 Å². The van der Waals surface area contributed by atoms with Crippen LogP contribution < -0.4 is 5.32 Å². The maximum absolute atomic E-state index is 5.30. The van der Waals surface area contributed by atoms with E-state index in [0.717, 1.165) is 36.7 Å². The Balaban J connectivity index is 2.24. The number of hydrogen-bond donors (Lipinski definition) is 1. The lowest BCUT2D eigenvalue weighted by Gasteiger charge is -2.15. The quantitative estimate of drug-likeness (QED) is 0.708. The molecule has 70 valence electrons. The third-order valence-corrected chi connectivity index (χ3v) is 2.08. The number of ether oxygens (including phenoxy) is 1. The molecule has 0 fully saturated rings. The van der Waals surface area contributed by atoms with Crippen LogP contribution in [-0.4, -0.2) is 23.6 Å². The Kier molecular flexibility index (Phi) is 2.52. The Hall–Kier alpha value is -1.00. The Morgan fingerprint density at radius 2 is 2.54 bits per heavy atom. The molecule has 0 aromatic carbocycles. The van der Waals surface area contributed by atoms with Crippen LogP contribution >= 0.6 is 0 Å². The maximum atomic E-state index is 5.30. The van der Waals surface area contributed by atoms with Crippen LogP contribution in [0.3, 0.4) is 0 Å². The topological polar surface area (TPSA) is 47.0 Å². The van der Waals surface area contributed by atoms with Crippen molar-refractivity contribution < 1.29 is 4.74 Å². The Morgan fingerprint density at radius 3 is 3.38 bits per heavy atom. The molecule has 1 aromatic rings. The standard InChI is InChI=1S/C9H13N3O/c1-10-5-9-11-4-7-6-13-3-2-8(7)12-9/h4,10H,2-3,5-6H2,1H3. The smallest absolute Gasteiger partial charge is 0.142 e. The third kappa shape index (κ3) is 1.84. The van der Waals surface area contributed by atoms with E-state index >= 15 is 0 Å². The van der Waals surface area contributed by atoms with Gasteiger partial charge in [-0.15, -0.1) is 0 Å². The summed E-state index contributed by atoms with van der Waals surface area (Å²) in [5, 5.41) is 3.03. The van der Waals surface area contributed by atoms with Crippen LogP contribution in [0.15, 0.2) is 6.20 Å². The van der Waals surface area contributed by atoms with Crippen molar-refractivity contribution in [1.29, 1.82) is 0 Å². The largest absolute Gasteiger partial charge is 0.376 e. The third-order valence-electron chi connectivity index (χ3n) is 2.08. The van der Waals surface area contributed by atoms with Crippen molar-refractivity contribution >= 4 is 0 Å². The molecule has 0 bridgehead atoms. The number of rotatable bonds is 2. The van der Waals surface area contributed by atoms with Crippen LogP contribution in [0.1, 0.15) is 17.1 Å². The molecule has 0 saturated heterocycles. The second-order valence-electron chi connectivity index (χ2n) is 3.09. The predicted molar refractivity (Wildman–Crippen MR) is 48.2 cm³/mol. The van der Waals surface area contributed by atoms with Gasteiger partial charge < -0.3 is 10.1 Å². The van der Waals surface area contributed by atoms with Crippen molar-refractivity contribution in [2.75, 3.05) is 13.7 Å². The van der Waals surface area contributed by atoms with Crippen molar-refractivity contribution in [3.05, 3.63) is 23.3 Å². The van der Waals surface area contributed by atoms with Gasteiger partial charge in [0.1, 0.15) is 5.82 Å². The van der Waals surface area contributed by atoms with Gasteiger partial charge in [-0.2, -0.15) is 0 Å². The predicted octanol–water partition coefficient (Wildman–Crippen LogP) is 0.269.